The van der Waals surface area contributed by atoms with Crippen molar-refractivity contribution in [1.29, 1.82) is 0 Å². The van der Waals surface area contributed by atoms with Gasteiger partial charge < -0.3 is 10.8 Å². The molecule has 0 spiro atoms. The highest BCUT2D eigenvalue weighted by molar-refractivity contribution is 5.29. The van der Waals surface area contributed by atoms with Gasteiger partial charge in [-0.05, 0) is 16.5 Å². The predicted octanol–water partition coefficient (Wildman–Crippen LogP) is 1.98. The number of benzene rings is 1. The van der Waals surface area contributed by atoms with Crippen LogP contribution in [0.3, 0.4) is 0 Å². The van der Waals surface area contributed by atoms with Crippen LogP contribution >= 0.6 is 0 Å². The van der Waals surface area contributed by atoms with Crippen LogP contribution in [0.4, 0.5) is 0 Å². The molecule has 0 radical (unpaired) electrons. The molecule has 0 aliphatic heterocycles. The second-order valence-corrected chi connectivity index (χ2v) is 4.66. The van der Waals surface area contributed by atoms with E-state index in [0.29, 0.717) is 0 Å². The van der Waals surface area contributed by atoms with E-state index in [2.05, 4.69) is 32.9 Å². The minimum atomic E-state index is -0.260. The second-order valence-electron chi connectivity index (χ2n) is 4.66. The lowest BCUT2D eigenvalue weighted by Crippen LogP contribution is -2.15. The van der Waals surface area contributed by atoms with E-state index in [9.17, 15) is 0 Å². The molecule has 0 fully saturated rings. The maximum absolute atomic E-state index is 8.89. The molecule has 2 nitrogen and oxygen atoms in total. The Hall–Kier alpha value is -0.860. The van der Waals surface area contributed by atoms with Crippen molar-refractivity contribution >= 4 is 0 Å². The number of nitrogens with two attached hydrogens (primary N) is 1. The Morgan fingerprint density at radius 1 is 1.21 bits per heavy atom. The molecule has 0 aliphatic carbocycles. The standard InChI is InChI=1S/C12H19NO/c1-12(2,3)10-6-4-9(5-7-10)11(13)8-14/h4-7,11,14H,8,13H2,1-3H3/t11-/m1/s1. The van der Waals surface area contributed by atoms with Crippen molar-refractivity contribution in [3.8, 4) is 0 Å². The van der Waals surface area contributed by atoms with Crippen molar-refractivity contribution in [2.24, 2.45) is 5.73 Å². The summed E-state index contributed by atoms with van der Waals surface area (Å²) in [6, 6.07) is 7.86. The zero-order chi connectivity index (χ0) is 10.8. The Labute approximate surface area is 85.8 Å². The molecule has 0 saturated heterocycles. The average molecular weight is 193 g/mol. The van der Waals surface area contributed by atoms with E-state index in [1.165, 1.54) is 5.56 Å². The molecule has 0 saturated carbocycles. The molecule has 0 heterocycles. The lowest BCUT2D eigenvalue weighted by molar-refractivity contribution is 0.268. The van der Waals surface area contributed by atoms with Crippen LogP contribution in [0.5, 0.6) is 0 Å². The lowest BCUT2D eigenvalue weighted by Gasteiger charge is -2.19. The third kappa shape index (κ3) is 2.56. The van der Waals surface area contributed by atoms with Crippen molar-refractivity contribution in [3.63, 3.8) is 0 Å². The van der Waals surface area contributed by atoms with Crippen LogP contribution in [-0.2, 0) is 5.41 Å². The van der Waals surface area contributed by atoms with Gasteiger partial charge in [-0.15, -0.1) is 0 Å². The van der Waals surface area contributed by atoms with Crippen molar-refractivity contribution in [1.82, 2.24) is 0 Å². The minimum absolute atomic E-state index is 0.00509. The molecule has 1 rings (SSSR count). The lowest BCUT2D eigenvalue weighted by atomic mass is 9.86. The van der Waals surface area contributed by atoms with Gasteiger partial charge in [0.1, 0.15) is 0 Å². The minimum Gasteiger partial charge on any atom is -0.394 e. The van der Waals surface area contributed by atoms with Crippen molar-refractivity contribution in [3.05, 3.63) is 35.4 Å². The average Bonchev–Trinajstić information content (AvgIpc) is 2.15. The smallest absolute Gasteiger partial charge is 0.0624 e. The van der Waals surface area contributed by atoms with Gasteiger partial charge in [0.05, 0.1) is 12.6 Å². The second kappa shape index (κ2) is 4.11. The van der Waals surface area contributed by atoms with Gasteiger partial charge in [0, 0.05) is 0 Å². The summed E-state index contributed by atoms with van der Waals surface area (Å²) in [7, 11) is 0. The molecule has 0 bridgehead atoms. The van der Waals surface area contributed by atoms with Crippen LogP contribution in [-0.4, -0.2) is 11.7 Å². The summed E-state index contributed by atoms with van der Waals surface area (Å²) in [6.07, 6.45) is 0. The monoisotopic (exact) mass is 193 g/mol. The van der Waals surface area contributed by atoms with Crippen LogP contribution in [0.2, 0.25) is 0 Å². The van der Waals surface area contributed by atoms with Crippen LogP contribution in [0.1, 0.15) is 37.9 Å². The molecule has 78 valence electrons. The number of hydrogen-bond donors (Lipinski definition) is 2. The maximum Gasteiger partial charge on any atom is 0.0624 e. The summed E-state index contributed by atoms with van der Waals surface area (Å²) in [5.41, 5.74) is 8.14. The van der Waals surface area contributed by atoms with Gasteiger partial charge in [0.2, 0.25) is 0 Å². The van der Waals surface area contributed by atoms with Crippen molar-refractivity contribution in [2.75, 3.05) is 6.61 Å². The van der Waals surface area contributed by atoms with E-state index in [0.717, 1.165) is 5.56 Å². The molecular formula is C12H19NO. The summed E-state index contributed by atoms with van der Waals surface area (Å²) >= 11 is 0. The summed E-state index contributed by atoms with van der Waals surface area (Å²) < 4.78 is 0. The van der Waals surface area contributed by atoms with Gasteiger partial charge in [-0.25, -0.2) is 0 Å². The number of rotatable bonds is 2. The summed E-state index contributed by atoms with van der Waals surface area (Å²) in [4.78, 5) is 0. The third-order valence-electron chi connectivity index (χ3n) is 2.40. The fraction of sp³-hybridized carbons (Fsp3) is 0.500. The fourth-order valence-corrected chi connectivity index (χ4v) is 1.34. The first-order chi connectivity index (χ1) is 6.45. The van der Waals surface area contributed by atoms with Crippen LogP contribution < -0.4 is 5.73 Å². The fourth-order valence-electron chi connectivity index (χ4n) is 1.34. The molecule has 14 heavy (non-hydrogen) atoms. The molecule has 1 atom stereocenters. The first kappa shape index (κ1) is 11.2. The highest BCUT2D eigenvalue weighted by Gasteiger charge is 2.13. The molecule has 0 amide bonds. The van der Waals surface area contributed by atoms with E-state index in [-0.39, 0.29) is 18.1 Å². The Morgan fingerprint density at radius 2 is 1.71 bits per heavy atom. The largest absolute Gasteiger partial charge is 0.394 e. The highest BCUT2D eigenvalue weighted by Crippen LogP contribution is 2.23. The maximum atomic E-state index is 8.89. The van der Waals surface area contributed by atoms with Gasteiger partial charge in [-0.2, -0.15) is 0 Å². The molecule has 3 N–H and O–H groups in total. The van der Waals surface area contributed by atoms with E-state index < -0.39 is 0 Å². The molecular weight excluding hydrogens is 174 g/mol. The Balaban J connectivity index is 2.89. The summed E-state index contributed by atoms with van der Waals surface area (Å²) in [6.45, 7) is 6.52. The third-order valence-corrected chi connectivity index (χ3v) is 2.40. The number of aliphatic hydroxyl groups excluding tert-OH is 1. The van der Waals surface area contributed by atoms with Crippen LogP contribution in [0, 0.1) is 0 Å². The molecule has 1 aromatic carbocycles. The first-order valence-corrected chi connectivity index (χ1v) is 4.92. The van der Waals surface area contributed by atoms with Crippen LogP contribution in [0.15, 0.2) is 24.3 Å². The van der Waals surface area contributed by atoms with Gasteiger partial charge in [0.15, 0.2) is 0 Å². The number of hydrogen-bond acceptors (Lipinski definition) is 2. The van der Waals surface area contributed by atoms with Crippen LogP contribution in [0.25, 0.3) is 0 Å². The van der Waals surface area contributed by atoms with Gasteiger partial charge in [0.25, 0.3) is 0 Å². The van der Waals surface area contributed by atoms with Gasteiger partial charge in [-0.1, -0.05) is 45.0 Å². The first-order valence-electron chi connectivity index (χ1n) is 4.92. The zero-order valence-corrected chi connectivity index (χ0v) is 9.12. The van der Waals surface area contributed by atoms with Gasteiger partial charge in [-0.3, -0.25) is 0 Å². The van der Waals surface area contributed by atoms with E-state index >= 15 is 0 Å². The SMILES string of the molecule is CC(C)(C)c1ccc([C@H](N)CO)cc1. The van der Waals surface area contributed by atoms with E-state index in [4.69, 9.17) is 10.8 Å². The topological polar surface area (TPSA) is 46.2 Å². The predicted molar refractivity (Wildman–Crippen MR) is 59.2 cm³/mol. The number of aliphatic hydroxyl groups is 1. The van der Waals surface area contributed by atoms with Gasteiger partial charge >= 0.3 is 0 Å². The summed E-state index contributed by atoms with van der Waals surface area (Å²) in [5.74, 6) is 0. The Kier molecular flexibility index (Phi) is 3.29. The van der Waals surface area contributed by atoms with Crippen molar-refractivity contribution < 1.29 is 5.11 Å². The van der Waals surface area contributed by atoms with E-state index in [1.54, 1.807) is 0 Å². The quantitative estimate of drug-likeness (QED) is 0.754. The zero-order valence-electron chi connectivity index (χ0n) is 9.12. The Bertz CT molecular complexity index is 284. The van der Waals surface area contributed by atoms with E-state index in [1.807, 2.05) is 12.1 Å². The molecule has 0 unspecified atom stereocenters. The van der Waals surface area contributed by atoms with Crippen molar-refractivity contribution in [2.45, 2.75) is 32.2 Å². The molecule has 0 aromatic heterocycles. The molecule has 2 heteroatoms. The summed E-state index contributed by atoms with van der Waals surface area (Å²) in [5, 5.41) is 8.89. The molecule has 1 aromatic rings. The Morgan fingerprint density at radius 3 is 2.07 bits per heavy atom. The normalized spacial score (nSPS) is 14.1. The molecule has 0 aliphatic rings. The highest BCUT2D eigenvalue weighted by atomic mass is 16.3.